The largest absolute Gasteiger partial charge is 0.0996 e. The van der Waals surface area contributed by atoms with Gasteiger partial charge < -0.3 is 0 Å². The molecule has 0 heteroatoms. The van der Waals surface area contributed by atoms with Crippen LogP contribution in [0, 0.1) is 17.3 Å². The quantitative estimate of drug-likeness (QED) is 0.644. The Morgan fingerprint density at radius 3 is 2.81 bits per heavy atom. The maximum atomic E-state index is 4.21. The summed E-state index contributed by atoms with van der Waals surface area (Å²) in [7, 11) is 0. The molecule has 0 heterocycles. The lowest BCUT2D eigenvalue weighted by atomic mass is 9.70. The van der Waals surface area contributed by atoms with E-state index >= 15 is 0 Å². The molecule has 2 aliphatic rings. The molecule has 16 heavy (non-hydrogen) atoms. The van der Waals surface area contributed by atoms with Gasteiger partial charge in [0.05, 0.1) is 0 Å². The molecule has 0 bridgehead atoms. The fourth-order valence-corrected chi connectivity index (χ4v) is 3.51. The fourth-order valence-electron chi connectivity index (χ4n) is 3.51. The Labute approximate surface area is 98.4 Å². The Morgan fingerprint density at radius 2 is 2.06 bits per heavy atom. The Bertz CT molecular complexity index is 403. The highest BCUT2D eigenvalue weighted by molar-refractivity contribution is 5.24. The molecule has 0 aromatic heterocycles. The minimum atomic E-state index is 0.535. The summed E-state index contributed by atoms with van der Waals surface area (Å²) >= 11 is 0. The summed E-state index contributed by atoms with van der Waals surface area (Å²) in [6, 6.07) is 11.0. The maximum absolute atomic E-state index is 4.21. The van der Waals surface area contributed by atoms with E-state index in [1.807, 2.05) is 0 Å². The number of allylic oxidation sites excluding steroid dienone is 1. The van der Waals surface area contributed by atoms with Gasteiger partial charge in [0.15, 0.2) is 0 Å². The molecule has 0 amide bonds. The van der Waals surface area contributed by atoms with Gasteiger partial charge in [0.25, 0.3) is 0 Å². The molecule has 2 aliphatic carbocycles. The van der Waals surface area contributed by atoms with Crippen LogP contribution < -0.4 is 0 Å². The van der Waals surface area contributed by atoms with Crippen LogP contribution in [0.4, 0.5) is 0 Å². The highest BCUT2D eigenvalue weighted by Crippen LogP contribution is 2.61. The number of fused-ring (bicyclic) bond motifs is 1. The van der Waals surface area contributed by atoms with Crippen molar-refractivity contribution in [3.8, 4) is 0 Å². The minimum Gasteiger partial charge on any atom is -0.0996 e. The van der Waals surface area contributed by atoms with Gasteiger partial charge in [-0.2, -0.15) is 0 Å². The average molecular weight is 212 g/mol. The average Bonchev–Trinajstić information content (AvgIpc) is 3.07. The van der Waals surface area contributed by atoms with Crippen molar-refractivity contribution in [3.05, 3.63) is 48.0 Å². The van der Waals surface area contributed by atoms with E-state index < -0.39 is 0 Å². The molecule has 2 saturated carbocycles. The van der Waals surface area contributed by atoms with Gasteiger partial charge in [-0.25, -0.2) is 0 Å². The lowest BCUT2D eigenvalue weighted by Crippen LogP contribution is -2.26. The Morgan fingerprint density at radius 1 is 1.31 bits per heavy atom. The lowest BCUT2D eigenvalue weighted by Gasteiger charge is -2.34. The molecule has 0 saturated heterocycles. The summed E-state index contributed by atoms with van der Waals surface area (Å²) in [5.41, 5.74) is 3.56. The van der Waals surface area contributed by atoms with Gasteiger partial charge in [0, 0.05) is 0 Å². The van der Waals surface area contributed by atoms with E-state index in [0.29, 0.717) is 5.41 Å². The van der Waals surface area contributed by atoms with E-state index in [1.165, 1.54) is 36.8 Å². The van der Waals surface area contributed by atoms with Crippen molar-refractivity contribution in [1.29, 1.82) is 0 Å². The van der Waals surface area contributed by atoms with Gasteiger partial charge in [-0.3, -0.25) is 0 Å². The molecule has 0 aliphatic heterocycles. The van der Waals surface area contributed by atoms with Crippen molar-refractivity contribution >= 4 is 0 Å². The summed E-state index contributed by atoms with van der Waals surface area (Å²) in [4.78, 5) is 0. The highest BCUT2D eigenvalue weighted by atomic mass is 14.6. The Balaban J connectivity index is 1.78. The van der Waals surface area contributed by atoms with E-state index in [9.17, 15) is 0 Å². The summed E-state index contributed by atoms with van der Waals surface area (Å²) in [6.45, 7) is 6.69. The molecule has 0 nitrogen and oxygen atoms in total. The van der Waals surface area contributed by atoms with Gasteiger partial charge in [0.2, 0.25) is 0 Å². The molecule has 0 radical (unpaired) electrons. The van der Waals surface area contributed by atoms with E-state index in [4.69, 9.17) is 0 Å². The molecular weight excluding hydrogens is 192 g/mol. The number of hydrogen-bond donors (Lipinski definition) is 0. The second-order valence-corrected chi connectivity index (χ2v) is 5.92. The van der Waals surface area contributed by atoms with Gasteiger partial charge >= 0.3 is 0 Å². The first-order valence-corrected chi connectivity index (χ1v) is 6.41. The van der Waals surface area contributed by atoms with Gasteiger partial charge in [-0.05, 0) is 48.5 Å². The topological polar surface area (TPSA) is 0 Å². The summed E-state index contributed by atoms with van der Waals surface area (Å²) in [6.07, 6.45) is 5.25. The highest BCUT2D eigenvalue weighted by Gasteiger charge is 2.53. The van der Waals surface area contributed by atoms with Gasteiger partial charge in [-0.1, -0.05) is 49.4 Å². The molecule has 0 spiro atoms. The standard InChI is InChI=1S/C16H20/c1-12-8-9-16(2,15-10-14(12)15)11-13-6-4-3-5-7-13/h3-7,14-15H,1,8-11H2,2H3/t14-,15-,16+/m1/s1. The predicted octanol–water partition coefficient (Wildman–Crippen LogP) is 4.22. The van der Waals surface area contributed by atoms with Crippen LogP contribution in [0.2, 0.25) is 0 Å². The second kappa shape index (κ2) is 3.48. The molecule has 3 atom stereocenters. The van der Waals surface area contributed by atoms with E-state index in [1.54, 1.807) is 0 Å². The fraction of sp³-hybridized carbons (Fsp3) is 0.500. The summed E-state index contributed by atoms with van der Waals surface area (Å²) in [5, 5.41) is 0. The van der Waals surface area contributed by atoms with Crippen LogP contribution in [-0.2, 0) is 6.42 Å². The maximum Gasteiger partial charge on any atom is -0.0169 e. The van der Waals surface area contributed by atoms with E-state index in [-0.39, 0.29) is 0 Å². The van der Waals surface area contributed by atoms with Crippen LogP contribution in [0.3, 0.4) is 0 Å². The van der Waals surface area contributed by atoms with Crippen LogP contribution in [0.15, 0.2) is 42.5 Å². The monoisotopic (exact) mass is 212 g/mol. The van der Waals surface area contributed by atoms with Gasteiger partial charge in [-0.15, -0.1) is 0 Å². The van der Waals surface area contributed by atoms with Crippen molar-refractivity contribution < 1.29 is 0 Å². The van der Waals surface area contributed by atoms with Crippen molar-refractivity contribution in [3.63, 3.8) is 0 Å². The predicted molar refractivity (Wildman–Crippen MR) is 68.2 cm³/mol. The summed E-state index contributed by atoms with van der Waals surface area (Å²) in [5.74, 6) is 1.79. The van der Waals surface area contributed by atoms with E-state index in [2.05, 4.69) is 43.8 Å². The normalized spacial score (nSPS) is 36.9. The van der Waals surface area contributed by atoms with Crippen molar-refractivity contribution in [2.24, 2.45) is 17.3 Å². The molecule has 3 rings (SSSR count). The second-order valence-electron chi connectivity index (χ2n) is 5.92. The minimum absolute atomic E-state index is 0.535. The number of rotatable bonds is 2. The first-order chi connectivity index (χ1) is 7.69. The van der Waals surface area contributed by atoms with Crippen LogP contribution in [0.25, 0.3) is 0 Å². The Kier molecular flexibility index (Phi) is 2.20. The third-order valence-electron chi connectivity index (χ3n) is 4.68. The lowest BCUT2D eigenvalue weighted by molar-refractivity contribution is 0.217. The molecular formula is C16H20. The Hall–Kier alpha value is -1.04. The molecule has 84 valence electrons. The van der Waals surface area contributed by atoms with Crippen molar-refractivity contribution in [2.75, 3.05) is 0 Å². The zero-order valence-corrected chi connectivity index (χ0v) is 10.1. The first kappa shape index (κ1) is 10.1. The molecule has 1 aromatic carbocycles. The van der Waals surface area contributed by atoms with Crippen LogP contribution in [0.5, 0.6) is 0 Å². The SMILES string of the molecule is C=C1CC[C@@](C)(Cc2ccccc2)[C@@H]2C[C@H]12. The van der Waals surface area contributed by atoms with Crippen LogP contribution in [0.1, 0.15) is 31.7 Å². The third kappa shape index (κ3) is 1.61. The van der Waals surface area contributed by atoms with Crippen LogP contribution in [-0.4, -0.2) is 0 Å². The van der Waals surface area contributed by atoms with Crippen molar-refractivity contribution in [1.82, 2.24) is 0 Å². The first-order valence-electron chi connectivity index (χ1n) is 6.41. The number of benzene rings is 1. The van der Waals surface area contributed by atoms with Gasteiger partial charge in [0.1, 0.15) is 0 Å². The van der Waals surface area contributed by atoms with Crippen molar-refractivity contribution in [2.45, 2.75) is 32.6 Å². The molecule has 1 aromatic rings. The molecule has 0 N–H and O–H groups in total. The van der Waals surface area contributed by atoms with Crippen LogP contribution >= 0.6 is 0 Å². The summed E-state index contributed by atoms with van der Waals surface area (Å²) < 4.78 is 0. The zero-order chi connectivity index (χ0) is 11.2. The van der Waals surface area contributed by atoms with E-state index in [0.717, 1.165) is 11.8 Å². The molecule has 0 unspecified atom stereocenters. The smallest absolute Gasteiger partial charge is 0.0169 e. The third-order valence-corrected chi connectivity index (χ3v) is 4.68. The zero-order valence-electron chi connectivity index (χ0n) is 10.1. The molecule has 2 fully saturated rings. The number of hydrogen-bond acceptors (Lipinski definition) is 0.